The standard InChI is InChI=1S/C19H15N7O3S/c1-12-2-6-14(7-3-12)25-18-17(23-24-25)19(21-11-20-18)30-10-16(27)22-13-4-8-15(9-5-13)26(28)29/h2-9,11H,10H2,1H3,(H,22,27). The monoisotopic (exact) mass is 421 g/mol. The predicted octanol–water partition coefficient (Wildman–Crippen LogP) is 3.16. The van der Waals surface area contributed by atoms with E-state index in [-0.39, 0.29) is 17.3 Å². The number of hydrogen-bond donors (Lipinski definition) is 1. The number of aromatic nitrogens is 5. The SMILES string of the molecule is Cc1ccc(-n2nnc3c(SCC(=O)Nc4ccc([N+](=O)[O-])cc4)ncnc32)cc1. The van der Waals surface area contributed by atoms with Crippen LogP contribution in [0.3, 0.4) is 0 Å². The predicted molar refractivity (Wildman–Crippen MR) is 112 cm³/mol. The average molecular weight is 421 g/mol. The summed E-state index contributed by atoms with van der Waals surface area (Å²) in [5.41, 5.74) is 3.45. The normalized spacial score (nSPS) is 10.8. The van der Waals surface area contributed by atoms with Crippen LogP contribution in [0.15, 0.2) is 59.9 Å². The van der Waals surface area contributed by atoms with Gasteiger partial charge in [0.05, 0.1) is 16.4 Å². The molecule has 10 nitrogen and oxygen atoms in total. The fourth-order valence-corrected chi connectivity index (χ4v) is 3.42. The van der Waals surface area contributed by atoms with Crippen molar-refractivity contribution in [2.45, 2.75) is 11.9 Å². The highest BCUT2D eigenvalue weighted by atomic mass is 32.2. The summed E-state index contributed by atoms with van der Waals surface area (Å²) in [6.07, 6.45) is 1.41. The number of anilines is 1. The highest BCUT2D eigenvalue weighted by Gasteiger charge is 2.15. The lowest BCUT2D eigenvalue weighted by Crippen LogP contribution is -2.14. The van der Waals surface area contributed by atoms with E-state index >= 15 is 0 Å². The Kier molecular flexibility index (Phi) is 5.35. The maximum absolute atomic E-state index is 12.2. The molecular weight excluding hydrogens is 406 g/mol. The van der Waals surface area contributed by atoms with E-state index in [1.165, 1.54) is 42.4 Å². The van der Waals surface area contributed by atoms with Crippen molar-refractivity contribution in [1.82, 2.24) is 25.0 Å². The van der Waals surface area contributed by atoms with Crippen molar-refractivity contribution >= 4 is 40.2 Å². The van der Waals surface area contributed by atoms with Crippen LogP contribution in [0.1, 0.15) is 5.56 Å². The van der Waals surface area contributed by atoms with Crippen molar-refractivity contribution in [1.29, 1.82) is 0 Å². The molecule has 150 valence electrons. The first-order chi connectivity index (χ1) is 14.5. The molecule has 1 amide bonds. The summed E-state index contributed by atoms with van der Waals surface area (Å²) >= 11 is 1.21. The topological polar surface area (TPSA) is 129 Å². The highest BCUT2D eigenvalue weighted by molar-refractivity contribution is 8.00. The molecule has 2 aromatic carbocycles. The second-order valence-electron chi connectivity index (χ2n) is 6.33. The Morgan fingerprint density at radius 3 is 2.57 bits per heavy atom. The van der Waals surface area contributed by atoms with Crippen molar-refractivity contribution in [3.8, 4) is 5.69 Å². The highest BCUT2D eigenvalue weighted by Crippen LogP contribution is 2.24. The summed E-state index contributed by atoms with van der Waals surface area (Å²) in [4.78, 5) is 30.9. The fourth-order valence-electron chi connectivity index (χ4n) is 2.69. The molecule has 11 heteroatoms. The Bertz CT molecular complexity index is 1220. The second-order valence-corrected chi connectivity index (χ2v) is 7.29. The molecule has 30 heavy (non-hydrogen) atoms. The lowest BCUT2D eigenvalue weighted by molar-refractivity contribution is -0.384. The van der Waals surface area contributed by atoms with E-state index in [9.17, 15) is 14.9 Å². The van der Waals surface area contributed by atoms with Gasteiger partial charge in [0.15, 0.2) is 11.2 Å². The molecule has 0 radical (unpaired) electrons. The molecule has 0 saturated carbocycles. The van der Waals surface area contributed by atoms with Gasteiger partial charge in [0.2, 0.25) is 5.91 Å². The largest absolute Gasteiger partial charge is 0.325 e. The molecule has 0 atom stereocenters. The molecule has 0 spiro atoms. The van der Waals surface area contributed by atoms with E-state index in [0.717, 1.165) is 11.3 Å². The Labute approximate surface area is 174 Å². The van der Waals surface area contributed by atoms with Crippen LogP contribution in [-0.4, -0.2) is 41.5 Å². The Morgan fingerprint density at radius 1 is 1.13 bits per heavy atom. The van der Waals surface area contributed by atoms with Crippen LogP contribution in [0.25, 0.3) is 16.9 Å². The molecule has 2 heterocycles. The van der Waals surface area contributed by atoms with Gasteiger partial charge in [-0.25, -0.2) is 9.97 Å². The first-order valence-electron chi connectivity index (χ1n) is 8.82. The number of thioether (sulfide) groups is 1. The lowest BCUT2D eigenvalue weighted by atomic mass is 10.2. The smallest absolute Gasteiger partial charge is 0.269 e. The summed E-state index contributed by atoms with van der Waals surface area (Å²) in [5, 5.41) is 22.3. The molecule has 0 aliphatic carbocycles. The number of nitrogens with zero attached hydrogens (tertiary/aromatic N) is 6. The number of non-ortho nitro benzene ring substituents is 1. The van der Waals surface area contributed by atoms with Gasteiger partial charge in [-0.05, 0) is 31.2 Å². The number of amides is 1. The van der Waals surface area contributed by atoms with Crippen LogP contribution in [-0.2, 0) is 4.79 Å². The van der Waals surface area contributed by atoms with Crippen molar-refractivity contribution < 1.29 is 9.72 Å². The molecule has 0 fully saturated rings. The number of hydrogen-bond acceptors (Lipinski definition) is 8. The van der Waals surface area contributed by atoms with Gasteiger partial charge in [0.25, 0.3) is 5.69 Å². The maximum Gasteiger partial charge on any atom is 0.269 e. The van der Waals surface area contributed by atoms with Crippen LogP contribution in [0.2, 0.25) is 0 Å². The van der Waals surface area contributed by atoms with Gasteiger partial charge in [-0.2, -0.15) is 4.68 Å². The van der Waals surface area contributed by atoms with E-state index < -0.39 is 4.92 Å². The third-order valence-corrected chi connectivity index (χ3v) is 5.16. The number of nitrogens with one attached hydrogen (secondary N) is 1. The van der Waals surface area contributed by atoms with Crippen LogP contribution in [0.4, 0.5) is 11.4 Å². The molecule has 0 aliphatic rings. The van der Waals surface area contributed by atoms with E-state index in [4.69, 9.17) is 0 Å². The average Bonchev–Trinajstić information content (AvgIpc) is 3.18. The fraction of sp³-hybridized carbons (Fsp3) is 0.105. The number of fused-ring (bicyclic) bond motifs is 1. The number of carbonyl (C=O) groups excluding carboxylic acids is 1. The van der Waals surface area contributed by atoms with Crippen molar-refractivity contribution in [3.63, 3.8) is 0 Å². The van der Waals surface area contributed by atoms with E-state index in [2.05, 4.69) is 25.6 Å². The third kappa shape index (κ3) is 4.10. The quantitative estimate of drug-likeness (QED) is 0.218. The first kappa shape index (κ1) is 19.5. The number of nitro benzene ring substituents is 1. The van der Waals surface area contributed by atoms with E-state index in [1.54, 1.807) is 4.68 Å². The summed E-state index contributed by atoms with van der Waals surface area (Å²) in [6.45, 7) is 2.00. The van der Waals surface area contributed by atoms with Gasteiger partial charge in [0, 0.05) is 17.8 Å². The second kappa shape index (κ2) is 8.25. The number of aryl methyl sites for hydroxylation is 1. The van der Waals surface area contributed by atoms with Gasteiger partial charge in [-0.3, -0.25) is 14.9 Å². The first-order valence-corrected chi connectivity index (χ1v) is 9.80. The summed E-state index contributed by atoms with van der Waals surface area (Å²) in [6, 6.07) is 13.4. The molecular formula is C19H15N7O3S. The van der Waals surface area contributed by atoms with Crippen LogP contribution in [0.5, 0.6) is 0 Å². The molecule has 4 rings (SSSR count). The summed E-state index contributed by atoms with van der Waals surface area (Å²) < 4.78 is 1.62. The van der Waals surface area contributed by atoms with Gasteiger partial charge in [0.1, 0.15) is 11.4 Å². The van der Waals surface area contributed by atoms with Crippen LogP contribution >= 0.6 is 11.8 Å². The Hall–Kier alpha value is -3.86. The number of carbonyl (C=O) groups is 1. The van der Waals surface area contributed by atoms with Gasteiger partial charge < -0.3 is 5.32 Å². The van der Waals surface area contributed by atoms with Crippen LogP contribution < -0.4 is 5.32 Å². The maximum atomic E-state index is 12.2. The molecule has 1 N–H and O–H groups in total. The van der Waals surface area contributed by atoms with Crippen molar-refractivity contribution in [3.05, 3.63) is 70.5 Å². The van der Waals surface area contributed by atoms with E-state index in [1.807, 2.05) is 31.2 Å². The molecule has 2 aromatic heterocycles. The Balaban J connectivity index is 1.47. The number of rotatable bonds is 6. The van der Waals surface area contributed by atoms with Gasteiger partial charge >= 0.3 is 0 Å². The molecule has 0 aliphatic heterocycles. The molecule has 4 aromatic rings. The minimum Gasteiger partial charge on any atom is -0.325 e. The zero-order valence-electron chi connectivity index (χ0n) is 15.7. The van der Waals surface area contributed by atoms with E-state index in [0.29, 0.717) is 21.9 Å². The zero-order valence-corrected chi connectivity index (χ0v) is 16.5. The molecule has 0 unspecified atom stereocenters. The molecule has 0 bridgehead atoms. The van der Waals surface area contributed by atoms with Gasteiger partial charge in [-0.15, -0.1) is 5.10 Å². The van der Waals surface area contributed by atoms with Crippen LogP contribution in [0, 0.1) is 17.0 Å². The summed E-state index contributed by atoms with van der Waals surface area (Å²) in [5.74, 6) is -0.188. The Morgan fingerprint density at radius 2 is 1.87 bits per heavy atom. The van der Waals surface area contributed by atoms with Crippen molar-refractivity contribution in [2.24, 2.45) is 0 Å². The third-order valence-electron chi connectivity index (χ3n) is 4.18. The molecule has 0 saturated heterocycles. The van der Waals surface area contributed by atoms with Crippen molar-refractivity contribution in [2.75, 3.05) is 11.1 Å². The summed E-state index contributed by atoms with van der Waals surface area (Å²) in [7, 11) is 0. The zero-order chi connectivity index (χ0) is 21.1. The minimum absolute atomic E-state index is 0.0394. The minimum atomic E-state index is -0.494. The number of benzene rings is 2. The van der Waals surface area contributed by atoms with Gasteiger partial charge in [-0.1, -0.05) is 34.7 Å². The lowest BCUT2D eigenvalue weighted by Gasteiger charge is -2.05. The number of nitro groups is 1.